The van der Waals surface area contributed by atoms with E-state index < -0.39 is 36.2 Å². The Morgan fingerprint density at radius 2 is 1.79 bits per heavy atom. The fraction of sp³-hybridized carbons (Fsp3) is 0.0769. The first-order chi connectivity index (χ1) is 18.2. The first-order valence-electron chi connectivity index (χ1n) is 10.9. The molecule has 38 heavy (non-hydrogen) atoms. The molecule has 194 valence electrons. The Hall–Kier alpha value is -4.41. The topological polar surface area (TPSA) is 114 Å². The summed E-state index contributed by atoms with van der Waals surface area (Å²) in [6, 6.07) is 13.5. The number of nitrogens with one attached hydrogen (secondary N) is 2. The first-order valence-corrected chi connectivity index (χ1v) is 11.6. The largest absolute Gasteiger partial charge is 0.493 e. The van der Waals surface area contributed by atoms with Crippen LogP contribution in [0.25, 0.3) is 6.08 Å². The van der Waals surface area contributed by atoms with Crippen LogP contribution in [0.2, 0.25) is 10.0 Å². The Kier molecular flexibility index (Phi) is 7.94. The number of anilines is 2. The van der Waals surface area contributed by atoms with Gasteiger partial charge in [-0.1, -0.05) is 35.3 Å². The highest BCUT2D eigenvalue weighted by atomic mass is 35.5. The molecule has 1 heterocycles. The molecule has 4 rings (SSSR count). The van der Waals surface area contributed by atoms with Crippen molar-refractivity contribution in [1.29, 1.82) is 0 Å². The molecular formula is C26H18Cl2FN3O6. The molecule has 0 atom stereocenters. The average molecular weight is 558 g/mol. The number of nitrogens with zero attached hydrogens (tertiary/aromatic N) is 1. The molecule has 1 saturated heterocycles. The van der Waals surface area contributed by atoms with Crippen LogP contribution < -0.4 is 25.0 Å². The summed E-state index contributed by atoms with van der Waals surface area (Å²) in [5.41, 5.74) is 0.139. The van der Waals surface area contributed by atoms with Crippen LogP contribution in [-0.4, -0.2) is 37.5 Å². The molecule has 0 radical (unpaired) electrons. The van der Waals surface area contributed by atoms with Crippen LogP contribution in [0.4, 0.5) is 20.6 Å². The van der Waals surface area contributed by atoms with Gasteiger partial charge in [-0.25, -0.2) is 14.1 Å². The summed E-state index contributed by atoms with van der Waals surface area (Å²) < 4.78 is 24.6. The van der Waals surface area contributed by atoms with Gasteiger partial charge in [0.25, 0.3) is 17.7 Å². The van der Waals surface area contributed by atoms with Gasteiger partial charge in [-0.3, -0.25) is 19.7 Å². The van der Waals surface area contributed by atoms with E-state index in [1.807, 2.05) is 0 Å². The summed E-state index contributed by atoms with van der Waals surface area (Å²) in [4.78, 5) is 50.9. The van der Waals surface area contributed by atoms with E-state index in [-0.39, 0.29) is 39.0 Å². The Morgan fingerprint density at radius 3 is 2.47 bits per heavy atom. The van der Waals surface area contributed by atoms with Crippen LogP contribution in [0.1, 0.15) is 5.56 Å². The molecule has 1 fully saturated rings. The predicted molar refractivity (Wildman–Crippen MR) is 139 cm³/mol. The molecule has 1 aliphatic rings. The number of methoxy groups -OCH3 is 1. The molecule has 0 bridgehead atoms. The number of urea groups is 1. The number of halogens is 3. The van der Waals surface area contributed by atoms with E-state index in [4.69, 9.17) is 32.7 Å². The second kappa shape index (κ2) is 11.3. The number of benzene rings is 3. The summed E-state index contributed by atoms with van der Waals surface area (Å²) in [5.74, 6) is -2.90. The molecule has 0 saturated carbocycles. The Balaban J connectivity index is 1.56. The fourth-order valence-electron chi connectivity index (χ4n) is 3.50. The lowest BCUT2D eigenvalue weighted by atomic mass is 10.1. The van der Waals surface area contributed by atoms with Crippen molar-refractivity contribution in [3.05, 3.63) is 87.7 Å². The number of carbonyl (C=O) groups excluding carboxylic acids is 4. The molecule has 3 aromatic carbocycles. The van der Waals surface area contributed by atoms with Crippen LogP contribution in [0.15, 0.2) is 66.2 Å². The maximum absolute atomic E-state index is 13.8. The monoisotopic (exact) mass is 557 g/mol. The van der Waals surface area contributed by atoms with E-state index in [9.17, 15) is 23.6 Å². The standard InChI is InChI=1S/C26H18Cl2FN3O6/c1-37-21-12-14(11-18(28)23(21)38-13-22(33)30-20-5-3-2-4-19(20)29)10-17-24(34)31-26(36)32(25(17)35)16-8-6-15(27)7-9-16/h2-12H,13H2,1H3,(H,30,33)(H,31,34,36)/b17-10-. The third-order valence-corrected chi connectivity index (χ3v) is 5.78. The second-order valence-corrected chi connectivity index (χ2v) is 8.63. The van der Waals surface area contributed by atoms with Crippen molar-refractivity contribution in [3.8, 4) is 11.5 Å². The number of hydrogen-bond acceptors (Lipinski definition) is 6. The number of rotatable bonds is 7. The predicted octanol–water partition coefficient (Wildman–Crippen LogP) is 4.83. The number of ether oxygens (including phenoxy) is 2. The van der Waals surface area contributed by atoms with Crippen LogP contribution in [0.3, 0.4) is 0 Å². The average Bonchev–Trinajstić information content (AvgIpc) is 2.88. The smallest absolute Gasteiger partial charge is 0.335 e. The Bertz CT molecular complexity index is 1480. The van der Waals surface area contributed by atoms with E-state index in [0.29, 0.717) is 5.02 Å². The molecule has 0 aromatic heterocycles. The van der Waals surface area contributed by atoms with E-state index in [1.165, 1.54) is 67.8 Å². The van der Waals surface area contributed by atoms with E-state index in [2.05, 4.69) is 10.6 Å². The van der Waals surface area contributed by atoms with Crippen molar-refractivity contribution in [2.24, 2.45) is 0 Å². The number of barbiturate groups is 1. The van der Waals surface area contributed by atoms with E-state index >= 15 is 0 Å². The lowest BCUT2D eigenvalue weighted by molar-refractivity contribution is -0.122. The number of amides is 5. The Labute approximate surface area is 225 Å². The number of imide groups is 2. The highest BCUT2D eigenvalue weighted by molar-refractivity contribution is 6.39. The van der Waals surface area contributed by atoms with Crippen LogP contribution in [0, 0.1) is 5.82 Å². The minimum absolute atomic E-state index is 0.00388. The number of hydrogen-bond donors (Lipinski definition) is 2. The van der Waals surface area contributed by atoms with Gasteiger partial charge in [0.05, 0.1) is 23.5 Å². The highest BCUT2D eigenvalue weighted by Crippen LogP contribution is 2.37. The van der Waals surface area contributed by atoms with Crippen LogP contribution in [-0.2, 0) is 14.4 Å². The zero-order valence-electron chi connectivity index (χ0n) is 19.6. The van der Waals surface area contributed by atoms with Gasteiger partial charge in [0.2, 0.25) is 0 Å². The lowest BCUT2D eigenvalue weighted by Crippen LogP contribution is -2.54. The van der Waals surface area contributed by atoms with Crippen molar-refractivity contribution in [3.63, 3.8) is 0 Å². The maximum Gasteiger partial charge on any atom is 0.335 e. The summed E-state index contributed by atoms with van der Waals surface area (Å²) in [5, 5.41) is 4.91. The van der Waals surface area contributed by atoms with Crippen molar-refractivity contribution in [2.75, 3.05) is 23.9 Å². The summed E-state index contributed by atoms with van der Waals surface area (Å²) in [6.45, 7) is -0.510. The van der Waals surface area contributed by atoms with Gasteiger partial charge >= 0.3 is 6.03 Å². The highest BCUT2D eigenvalue weighted by Gasteiger charge is 2.36. The second-order valence-electron chi connectivity index (χ2n) is 7.79. The number of carbonyl (C=O) groups is 4. The first kappa shape index (κ1) is 26.6. The minimum Gasteiger partial charge on any atom is -0.493 e. The quantitative estimate of drug-likeness (QED) is 0.318. The van der Waals surface area contributed by atoms with Gasteiger partial charge in [0.1, 0.15) is 11.4 Å². The molecule has 0 unspecified atom stereocenters. The molecule has 5 amide bonds. The Morgan fingerprint density at radius 1 is 1.08 bits per heavy atom. The fourth-order valence-corrected chi connectivity index (χ4v) is 3.90. The zero-order chi connectivity index (χ0) is 27.4. The SMILES string of the molecule is COc1cc(/C=C2/C(=O)NC(=O)N(c3ccc(Cl)cc3)C2=O)cc(Cl)c1OCC(=O)Nc1ccccc1F. The normalized spacial score (nSPS) is 14.4. The summed E-state index contributed by atoms with van der Waals surface area (Å²) >= 11 is 12.2. The minimum atomic E-state index is -0.910. The third-order valence-electron chi connectivity index (χ3n) is 5.24. The molecule has 12 heteroatoms. The third kappa shape index (κ3) is 5.77. The zero-order valence-corrected chi connectivity index (χ0v) is 21.1. The van der Waals surface area contributed by atoms with Crippen LogP contribution >= 0.6 is 23.2 Å². The molecule has 9 nitrogen and oxygen atoms in total. The number of para-hydroxylation sites is 1. The summed E-state index contributed by atoms with van der Waals surface area (Å²) in [7, 11) is 1.33. The van der Waals surface area contributed by atoms with Crippen molar-refractivity contribution >= 4 is 64.4 Å². The molecule has 0 spiro atoms. The molecule has 2 N–H and O–H groups in total. The molecule has 3 aromatic rings. The molecular weight excluding hydrogens is 540 g/mol. The maximum atomic E-state index is 13.8. The summed E-state index contributed by atoms with van der Waals surface area (Å²) in [6.07, 6.45) is 1.23. The van der Waals surface area contributed by atoms with Crippen molar-refractivity contribution in [1.82, 2.24) is 5.32 Å². The van der Waals surface area contributed by atoms with Gasteiger partial charge in [-0.05, 0) is 60.2 Å². The molecule has 0 aliphatic carbocycles. The van der Waals surface area contributed by atoms with Gasteiger partial charge in [0, 0.05) is 5.02 Å². The van der Waals surface area contributed by atoms with Gasteiger partial charge in [-0.2, -0.15) is 0 Å². The van der Waals surface area contributed by atoms with E-state index in [1.54, 1.807) is 6.07 Å². The van der Waals surface area contributed by atoms with E-state index in [0.717, 1.165) is 4.90 Å². The lowest BCUT2D eigenvalue weighted by Gasteiger charge is -2.26. The van der Waals surface area contributed by atoms with Crippen LogP contribution in [0.5, 0.6) is 11.5 Å². The van der Waals surface area contributed by atoms with Gasteiger partial charge in [0.15, 0.2) is 18.1 Å². The molecule has 1 aliphatic heterocycles. The van der Waals surface area contributed by atoms with Crippen molar-refractivity contribution in [2.45, 2.75) is 0 Å². The van der Waals surface area contributed by atoms with Crippen molar-refractivity contribution < 1.29 is 33.0 Å². The van der Waals surface area contributed by atoms with Gasteiger partial charge < -0.3 is 14.8 Å². The van der Waals surface area contributed by atoms with Gasteiger partial charge in [-0.15, -0.1) is 0 Å².